The molecule has 0 radical (unpaired) electrons. The largest absolute Gasteiger partial charge is 0.330 e. The van der Waals surface area contributed by atoms with Crippen LogP contribution >= 0.6 is 0 Å². The molecule has 0 amide bonds. The summed E-state index contributed by atoms with van der Waals surface area (Å²) in [5, 5.41) is 4.36. The van der Waals surface area contributed by atoms with Crippen molar-refractivity contribution in [1.29, 1.82) is 0 Å². The standard InChI is InChI=1S/C16H23N3/c1-16(2,3)15-7-5-13(6-8-15)14-11-18-19(12-14)10-4-9-17/h5-8,11-12H,4,9-10,17H2,1-3H3. The van der Waals surface area contributed by atoms with Gasteiger partial charge in [0.2, 0.25) is 0 Å². The number of rotatable bonds is 4. The van der Waals surface area contributed by atoms with Crippen LogP contribution in [0, 0.1) is 0 Å². The van der Waals surface area contributed by atoms with Gasteiger partial charge in [0.1, 0.15) is 0 Å². The maximum Gasteiger partial charge on any atom is 0.0568 e. The first-order valence-electron chi connectivity index (χ1n) is 6.84. The average Bonchev–Trinajstić information content (AvgIpc) is 2.84. The van der Waals surface area contributed by atoms with E-state index in [4.69, 9.17) is 5.73 Å². The van der Waals surface area contributed by atoms with Crippen LogP contribution in [0.1, 0.15) is 32.8 Å². The van der Waals surface area contributed by atoms with Crippen molar-refractivity contribution in [3.05, 3.63) is 42.2 Å². The van der Waals surface area contributed by atoms with Gasteiger partial charge in [-0.25, -0.2) is 0 Å². The molecule has 0 saturated heterocycles. The Morgan fingerprint density at radius 3 is 2.37 bits per heavy atom. The lowest BCUT2D eigenvalue weighted by molar-refractivity contribution is 0.585. The monoisotopic (exact) mass is 257 g/mol. The Kier molecular flexibility index (Phi) is 4.05. The van der Waals surface area contributed by atoms with Crippen molar-refractivity contribution in [2.45, 2.75) is 39.2 Å². The van der Waals surface area contributed by atoms with Crippen molar-refractivity contribution in [2.24, 2.45) is 5.73 Å². The molecule has 0 unspecified atom stereocenters. The van der Waals surface area contributed by atoms with E-state index in [0.29, 0.717) is 6.54 Å². The van der Waals surface area contributed by atoms with Crippen molar-refractivity contribution in [3.8, 4) is 11.1 Å². The summed E-state index contributed by atoms with van der Waals surface area (Å²) >= 11 is 0. The first-order chi connectivity index (χ1) is 9.00. The predicted octanol–water partition coefficient (Wildman–Crippen LogP) is 3.20. The van der Waals surface area contributed by atoms with Crippen LogP contribution in [-0.2, 0) is 12.0 Å². The molecule has 0 saturated carbocycles. The van der Waals surface area contributed by atoms with E-state index in [9.17, 15) is 0 Å². The van der Waals surface area contributed by atoms with E-state index >= 15 is 0 Å². The summed E-state index contributed by atoms with van der Waals surface area (Å²) in [5.74, 6) is 0. The second-order valence-corrected chi connectivity index (χ2v) is 5.96. The fourth-order valence-corrected chi connectivity index (χ4v) is 2.05. The quantitative estimate of drug-likeness (QED) is 0.914. The molecule has 3 nitrogen and oxygen atoms in total. The summed E-state index contributed by atoms with van der Waals surface area (Å²) in [6, 6.07) is 8.74. The van der Waals surface area contributed by atoms with E-state index in [1.165, 1.54) is 11.1 Å². The lowest BCUT2D eigenvalue weighted by atomic mass is 9.86. The Hall–Kier alpha value is -1.61. The lowest BCUT2D eigenvalue weighted by Gasteiger charge is -2.18. The fourth-order valence-electron chi connectivity index (χ4n) is 2.05. The van der Waals surface area contributed by atoms with Gasteiger partial charge >= 0.3 is 0 Å². The number of hydrogen-bond acceptors (Lipinski definition) is 2. The number of hydrogen-bond donors (Lipinski definition) is 1. The van der Waals surface area contributed by atoms with Crippen LogP contribution < -0.4 is 5.73 Å². The minimum Gasteiger partial charge on any atom is -0.330 e. The summed E-state index contributed by atoms with van der Waals surface area (Å²) < 4.78 is 1.96. The van der Waals surface area contributed by atoms with Crippen LogP contribution in [0.5, 0.6) is 0 Å². The molecule has 0 aliphatic rings. The third kappa shape index (κ3) is 3.44. The second kappa shape index (κ2) is 5.57. The highest BCUT2D eigenvalue weighted by Crippen LogP contribution is 2.25. The van der Waals surface area contributed by atoms with Crippen LogP contribution in [0.3, 0.4) is 0 Å². The minimum absolute atomic E-state index is 0.198. The third-order valence-electron chi connectivity index (χ3n) is 3.31. The number of aromatic nitrogens is 2. The van der Waals surface area contributed by atoms with Gasteiger partial charge in [0.15, 0.2) is 0 Å². The molecule has 0 bridgehead atoms. The number of nitrogens with two attached hydrogens (primary N) is 1. The van der Waals surface area contributed by atoms with Crippen LogP contribution in [0.4, 0.5) is 0 Å². The highest BCUT2D eigenvalue weighted by atomic mass is 15.3. The summed E-state index contributed by atoms with van der Waals surface area (Å²) in [6.07, 6.45) is 4.97. The molecule has 0 atom stereocenters. The van der Waals surface area contributed by atoms with Gasteiger partial charge in [-0.3, -0.25) is 4.68 Å². The fraction of sp³-hybridized carbons (Fsp3) is 0.438. The van der Waals surface area contributed by atoms with Gasteiger partial charge in [-0.1, -0.05) is 45.0 Å². The number of benzene rings is 1. The van der Waals surface area contributed by atoms with E-state index in [1.807, 2.05) is 10.9 Å². The SMILES string of the molecule is CC(C)(C)c1ccc(-c2cnn(CCCN)c2)cc1. The summed E-state index contributed by atoms with van der Waals surface area (Å²) in [4.78, 5) is 0. The number of nitrogens with zero attached hydrogens (tertiary/aromatic N) is 2. The summed E-state index contributed by atoms with van der Waals surface area (Å²) in [6.45, 7) is 8.28. The van der Waals surface area contributed by atoms with Gasteiger partial charge < -0.3 is 5.73 Å². The Bertz CT molecular complexity index is 518. The van der Waals surface area contributed by atoms with Crippen molar-refractivity contribution < 1.29 is 0 Å². The summed E-state index contributed by atoms with van der Waals surface area (Å²) in [7, 11) is 0. The van der Waals surface area contributed by atoms with Gasteiger partial charge in [-0.2, -0.15) is 5.10 Å². The Labute approximate surface area is 115 Å². The molecule has 2 rings (SSSR count). The lowest BCUT2D eigenvalue weighted by Crippen LogP contribution is -2.10. The first-order valence-corrected chi connectivity index (χ1v) is 6.84. The third-order valence-corrected chi connectivity index (χ3v) is 3.31. The van der Waals surface area contributed by atoms with E-state index in [2.05, 4.69) is 56.3 Å². The van der Waals surface area contributed by atoms with E-state index < -0.39 is 0 Å². The smallest absolute Gasteiger partial charge is 0.0568 e. The molecule has 3 heteroatoms. The Morgan fingerprint density at radius 2 is 1.79 bits per heavy atom. The van der Waals surface area contributed by atoms with Gasteiger partial charge in [0.05, 0.1) is 6.20 Å². The Balaban J connectivity index is 2.16. The second-order valence-electron chi connectivity index (χ2n) is 5.96. The maximum atomic E-state index is 5.51. The average molecular weight is 257 g/mol. The maximum absolute atomic E-state index is 5.51. The Morgan fingerprint density at radius 1 is 1.11 bits per heavy atom. The zero-order valence-corrected chi connectivity index (χ0v) is 12.1. The van der Waals surface area contributed by atoms with Crippen LogP contribution in [-0.4, -0.2) is 16.3 Å². The van der Waals surface area contributed by atoms with Crippen molar-refractivity contribution in [3.63, 3.8) is 0 Å². The molecule has 102 valence electrons. The van der Waals surface area contributed by atoms with E-state index in [-0.39, 0.29) is 5.41 Å². The number of aryl methyl sites for hydroxylation is 1. The molecule has 19 heavy (non-hydrogen) atoms. The van der Waals surface area contributed by atoms with Gasteiger partial charge in [-0.05, 0) is 29.5 Å². The minimum atomic E-state index is 0.198. The summed E-state index contributed by atoms with van der Waals surface area (Å²) in [5.41, 5.74) is 9.44. The topological polar surface area (TPSA) is 43.8 Å². The molecule has 1 aromatic carbocycles. The molecule has 2 N–H and O–H groups in total. The predicted molar refractivity (Wildman–Crippen MR) is 80.0 cm³/mol. The van der Waals surface area contributed by atoms with Crippen molar-refractivity contribution in [1.82, 2.24) is 9.78 Å². The van der Waals surface area contributed by atoms with Crippen LogP contribution in [0.25, 0.3) is 11.1 Å². The van der Waals surface area contributed by atoms with Gasteiger partial charge in [0.25, 0.3) is 0 Å². The highest BCUT2D eigenvalue weighted by molar-refractivity contribution is 5.62. The van der Waals surface area contributed by atoms with Crippen LogP contribution in [0.2, 0.25) is 0 Å². The normalized spacial score (nSPS) is 11.8. The van der Waals surface area contributed by atoms with Gasteiger partial charge in [0, 0.05) is 18.3 Å². The van der Waals surface area contributed by atoms with E-state index in [1.54, 1.807) is 0 Å². The molecule has 0 spiro atoms. The molecule has 1 aromatic heterocycles. The molecule has 0 aliphatic heterocycles. The highest BCUT2D eigenvalue weighted by Gasteiger charge is 2.13. The van der Waals surface area contributed by atoms with Gasteiger partial charge in [-0.15, -0.1) is 0 Å². The first kappa shape index (κ1) is 13.8. The van der Waals surface area contributed by atoms with Crippen molar-refractivity contribution >= 4 is 0 Å². The van der Waals surface area contributed by atoms with E-state index in [0.717, 1.165) is 18.5 Å². The molecule has 2 aromatic rings. The molecule has 0 aliphatic carbocycles. The van der Waals surface area contributed by atoms with Crippen LogP contribution in [0.15, 0.2) is 36.7 Å². The van der Waals surface area contributed by atoms with Crippen molar-refractivity contribution in [2.75, 3.05) is 6.54 Å². The molecule has 1 heterocycles. The zero-order valence-electron chi connectivity index (χ0n) is 12.1. The zero-order chi connectivity index (χ0) is 13.9. The molecular formula is C16H23N3. The molecule has 0 fully saturated rings. The molecular weight excluding hydrogens is 234 g/mol.